The van der Waals surface area contributed by atoms with Gasteiger partial charge in [-0.1, -0.05) is 6.07 Å². The van der Waals surface area contributed by atoms with Crippen LogP contribution < -0.4 is 10.5 Å². The minimum Gasteiger partial charge on any atom is -0.381 e. The third kappa shape index (κ3) is 3.55. The number of hydrogen-bond acceptors (Lipinski definition) is 3. The van der Waals surface area contributed by atoms with Crippen molar-refractivity contribution < 1.29 is 12.8 Å². The average Bonchev–Trinajstić information content (AvgIpc) is 2.37. The van der Waals surface area contributed by atoms with E-state index >= 15 is 0 Å². The summed E-state index contributed by atoms with van der Waals surface area (Å²) in [6.07, 6.45) is 0. The molecule has 4 nitrogen and oxygen atoms in total. The van der Waals surface area contributed by atoms with E-state index in [1.54, 1.807) is 18.2 Å². The normalized spacial score (nSPS) is 11.3. The van der Waals surface area contributed by atoms with Crippen molar-refractivity contribution in [2.45, 2.75) is 18.4 Å². The Morgan fingerprint density at radius 2 is 1.80 bits per heavy atom. The summed E-state index contributed by atoms with van der Waals surface area (Å²) in [6.45, 7) is 2.37. The summed E-state index contributed by atoms with van der Waals surface area (Å²) in [5.41, 5.74) is 2.60. The average molecular weight is 294 g/mol. The zero-order valence-electron chi connectivity index (χ0n) is 10.9. The van der Waals surface area contributed by atoms with Crippen LogP contribution in [-0.4, -0.2) is 8.42 Å². The van der Waals surface area contributed by atoms with Crippen molar-refractivity contribution in [3.63, 3.8) is 0 Å². The molecule has 106 valence electrons. The highest BCUT2D eigenvalue weighted by atomic mass is 32.2. The standard InChI is InChI=1S/C14H15FN2O2S/c1-10-8-12(15)3-2-11(10)9-17-13-4-6-14(7-5-13)20(16,18)19/h2-8,17H,9H2,1H3,(H2,16,18,19). The van der Waals surface area contributed by atoms with Crippen molar-refractivity contribution in [1.82, 2.24) is 0 Å². The fraction of sp³-hybridized carbons (Fsp3) is 0.143. The van der Waals surface area contributed by atoms with Crippen LogP contribution in [0.2, 0.25) is 0 Å². The molecule has 0 aliphatic rings. The Hall–Kier alpha value is -1.92. The molecule has 0 spiro atoms. The predicted molar refractivity (Wildman–Crippen MR) is 76.3 cm³/mol. The maximum atomic E-state index is 13.0. The van der Waals surface area contributed by atoms with Crippen LogP contribution in [0.3, 0.4) is 0 Å². The maximum absolute atomic E-state index is 13.0. The molecule has 2 aromatic carbocycles. The highest BCUT2D eigenvalue weighted by Crippen LogP contribution is 2.15. The lowest BCUT2D eigenvalue weighted by Gasteiger charge is -2.09. The molecule has 0 aliphatic heterocycles. The highest BCUT2D eigenvalue weighted by molar-refractivity contribution is 7.89. The Balaban J connectivity index is 2.08. The van der Waals surface area contributed by atoms with Gasteiger partial charge in [-0.2, -0.15) is 0 Å². The van der Waals surface area contributed by atoms with Gasteiger partial charge < -0.3 is 5.32 Å². The molecule has 0 unspecified atom stereocenters. The number of benzene rings is 2. The molecular formula is C14H15FN2O2S. The molecule has 0 aromatic heterocycles. The SMILES string of the molecule is Cc1cc(F)ccc1CNc1ccc(S(N)(=O)=O)cc1. The third-order valence-electron chi connectivity index (χ3n) is 2.97. The van der Waals surface area contributed by atoms with E-state index in [9.17, 15) is 12.8 Å². The Morgan fingerprint density at radius 1 is 1.15 bits per heavy atom. The number of nitrogens with two attached hydrogens (primary N) is 1. The Morgan fingerprint density at radius 3 is 2.35 bits per heavy atom. The molecule has 2 rings (SSSR count). The number of primary sulfonamides is 1. The van der Waals surface area contributed by atoms with Crippen molar-refractivity contribution in [3.05, 3.63) is 59.4 Å². The van der Waals surface area contributed by atoms with Crippen LogP contribution in [0.1, 0.15) is 11.1 Å². The van der Waals surface area contributed by atoms with Gasteiger partial charge in [0.25, 0.3) is 0 Å². The van der Waals surface area contributed by atoms with E-state index in [0.717, 1.165) is 16.8 Å². The van der Waals surface area contributed by atoms with E-state index in [2.05, 4.69) is 5.32 Å². The quantitative estimate of drug-likeness (QED) is 0.909. The number of aryl methyl sites for hydroxylation is 1. The number of anilines is 1. The molecule has 0 fully saturated rings. The molecule has 0 heterocycles. The van der Waals surface area contributed by atoms with Gasteiger partial charge in [-0.05, 0) is 54.4 Å². The topological polar surface area (TPSA) is 72.2 Å². The third-order valence-corrected chi connectivity index (χ3v) is 3.90. The van der Waals surface area contributed by atoms with Crippen molar-refractivity contribution in [1.29, 1.82) is 0 Å². The van der Waals surface area contributed by atoms with Crippen LogP contribution in [0, 0.1) is 12.7 Å². The minimum atomic E-state index is -3.67. The van der Waals surface area contributed by atoms with E-state index in [-0.39, 0.29) is 10.7 Å². The second-order valence-corrected chi connectivity index (χ2v) is 6.06. The van der Waals surface area contributed by atoms with Crippen LogP contribution in [0.25, 0.3) is 0 Å². The summed E-state index contributed by atoms with van der Waals surface area (Å²) in [5.74, 6) is -0.260. The zero-order chi connectivity index (χ0) is 14.8. The van der Waals surface area contributed by atoms with Crippen LogP contribution >= 0.6 is 0 Å². The molecule has 0 aliphatic carbocycles. The van der Waals surface area contributed by atoms with Gasteiger partial charge in [0.1, 0.15) is 5.82 Å². The van der Waals surface area contributed by atoms with Gasteiger partial charge in [0.2, 0.25) is 10.0 Å². The van der Waals surface area contributed by atoms with Gasteiger partial charge >= 0.3 is 0 Å². The van der Waals surface area contributed by atoms with Crippen LogP contribution in [0.15, 0.2) is 47.4 Å². The summed E-state index contributed by atoms with van der Waals surface area (Å²) < 4.78 is 35.2. The molecular weight excluding hydrogens is 279 g/mol. The van der Waals surface area contributed by atoms with Gasteiger partial charge in [-0.3, -0.25) is 0 Å². The molecule has 3 N–H and O–H groups in total. The van der Waals surface area contributed by atoms with Gasteiger partial charge in [0.05, 0.1) is 4.90 Å². The largest absolute Gasteiger partial charge is 0.381 e. The van der Waals surface area contributed by atoms with Crippen molar-refractivity contribution in [2.75, 3.05) is 5.32 Å². The maximum Gasteiger partial charge on any atom is 0.238 e. The van der Waals surface area contributed by atoms with E-state index in [1.807, 2.05) is 6.92 Å². The van der Waals surface area contributed by atoms with Gasteiger partial charge in [-0.15, -0.1) is 0 Å². The Labute approximate surface area is 117 Å². The molecule has 0 amide bonds. The number of hydrogen-bond donors (Lipinski definition) is 2. The smallest absolute Gasteiger partial charge is 0.238 e. The van der Waals surface area contributed by atoms with E-state index < -0.39 is 10.0 Å². The first-order valence-corrected chi connectivity index (χ1v) is 7.52. The summed E-state index contributed by atoms with van der Waals surface area (Å²) in [4.78, 5) is 0.0704. The number of sulfonamides is 1. The lowest BCUT2D eigenvalue weighted by atomic mass is 10.1. The van der Waals surface area contributed by atoms with Crippen molar-refractivity contribution >= 4 is 15.7 Å². The summed E-state index contributed by atoms with van der Waals surface area (Å²) in [5, 5.41) is 8.16. The van der Waals surface area contributed by atoms with Crippen LogP contribution in [-0.2, 0) is 16.6 Å². The van der Waals surface area contributed by atoms with Crippen molar-refractivity contribution in [2.24, 2.45) is 5.14 Å². The van der Waals surface area contributed by atoms with Gasteiger partial charge in [-0.25, -0.2) is 17.9 Å². The highest BCUT2D eigenvalue weighted by Gasteiger charge is 2.06. The van der Waals surface area contributed by atoms with Gasteiger partial charge in [0, 0.05) is 12.2 Å². The first-order valence-electron chi connectivity index (χ1n) is 5.98. The fourth-order valence-electron chi connectivity index (χ4n) is 1.82. The van der Waals surface area contributed by atoms with Crippen LogP contribution in [0.5, 0.6) is 0 Å². The first-order chi connectivity index (χ1) is 9.36. The molecule has 20 heavy (non-hydrogen) atoms. The molecule has 0 radical (unpaired) electrons. The molecule has 6 heteroatoms. The van der Waals surface area contributed by atoms with Gasteiger partial charge in [0.15, 0.2) is 0 Å². The van der Waals surface area contributed by atoms with E-state index in [0.29, 0.717) is 6.54 Å². The number of rotatable bonds is 4. The number of nitrogens with one attached hydrogen (secondary N) is 1. The Bertz CT molecular complexity index is 712. The summed E-state index contributed by atoms with van der Waals surface area (Å²) >= 11 is 0. The van der Waals surface area contributed by atoms with E-state index in [1.165, 1.54) is 24.3 Å². The number of halogens is 1. The first kappa shape index (κ1) is 14.5. The molecule has 0 saturated heterocycles. The van der Waals surface area contributed by atoms with Crippen molar-refractivity contribution in [3.8, 4) is 0 Å². The predicted octanol–water partition coefficient (Wildman–Crippen LogP) is 2.39. The Kier molecular flexibility index (Phi) is 4.06. The summed E-state index contributed by atoms with van der Waals surface area (Å²) in [6, 6.07) is 10.8. The minimum absolute atomic E-state index is 0.0704. The molecule has 2 aromatic rings. The second-order valence-electron chi connectivity index (χ2n) is 4.49. The zero-order valence-corrected chi connectivity index (χ0v) is 11.7. The lowest BCUT2D eigenvalue weighted by Crippen LogP contribution is -2.12. The lowest BCUT2D eigenvalue weighted by molar-refractivity contribution is 0.598. The monoisotopic (exact) mass is 294 g/mol. The molecule has 0 saturated carbocycles. The van der Waals surface area contributed by atoms with Crippen LogP contribution in [0.4, 0.5) is 10.1 Å². The molecule has 0 bridgehead atoms. The van der Waals surface area contributed by atoms with E-state index in [4.69, 9.17) is 5.14 Å². The fourth-order valence-corrected chi connectivity index (χ4v) is 2.33. The second kappa shape index (κ2) is 5.60. The summed E-state index contributed by atoms with van der Waals surface area (Å²) in [7, 11) is -3.67. The molecule has 0 atom stereocenters.